The molecule has 0 nitrogen and oxygen atoms in total. The van der Waals surface area contributed by atoms with Crippen LogP contribution in [0.2, 0.25) is 0 Å². The molecular formula is C11H30P2. The van der Waals surface area contributed by atoms with E-state index < -0.39 is 13.8 Å². The largest absolute Gasteiger partial charge is 0.121 e. The lowest BCUT2D eigenvalue weighted by atomic mass is 10.6. The molecule has 0 aromatic rings. The summed E-state index contributed by atoms with van der Waals surface area (Å²) in [5.74, 6) is 0. The van der Waals surface area contributed by atoms with Crippen molar-refractivity contribution in [1.82, 2.24) is 0 Å². The smallest absolute Gasteiger partial charge is 0.0279 e. The van der Waals surface area contributed by atoms with E-state index in [1.54, 1.807) is 0 Å². The highest BCUT2D eigenvalue weighted by atomic mass is 31.2. The standard InChI is InChI=1S/2C4H11P.C3H8/c2*1-5(2,3)4;1-3-2/h2*1H2,2-4H3;3H2,1-2H3/i2T;2H;1H,2T. The molecule has 0 aliphatic carbocycles. The van der Waals surface area contributed by atoms with Gasteiger partial charge in [0, 0.05) is 5.48 Å². The quantitative estimate of drug-likeness (QED) is 0.548. The molecule has 0 aliphatic heterocycles. The average Bonchev–Trinajstić information content (AvgIpc) is 2.19. The molecule has 0 spiro atoms. The van der Waals surface area contributed by atoms with E-state index >= 15 is 0 Å². The molecule has 0 heterocycles. The van der Waals surface area contributed by atoms with Crippen LogP contribution >= 0.6 is 13.8 Å². The topological polar surface area (TPSA) is 0 Å². The van der Waals surface area contributed by atoms with E-state index in [0.717, 1.165) is 6.42 Å². The van der Waals surface area contributed by atoms with Crippen LogP contribution in [0.25, 0.3) is 0 Å². The Kier molecular flexibility index (Phi) is 7.14. The first-order valence-corrected chi connectivity index (χ1v) is 10.2. The van der Waals surface area contributed by atoms with Crippen molar-refractivity contribution < 1.29 is 5.48 Å². The molecule has 2 heteroatoms. The Labute approximate surface area is 92.7 Å². The lowest BCUT2D eigenvalue weighted by Gasteiger charge is -1.96. The molecule has 0 amide bonds. The van der Waals surface area contributed by atoms with Crippen LogP contribution in [0.4, 0.5) is 0 Å². The predicted octanol–water partition coefficient (Wildman–Crippen LogP) is 4.07. The highest BCUT2D eigenvalue weighted by molar-refractivity contribution is 7.71. The summed E-state index contributed by atoms with van der Waals surface area (Å²) in [5.41, 5.74) is 0. The van der Waals surface area contributed by atoms with E-state index in [-0.39, 0.29) is 0 Å². The molecule has 0 fully saturated rings. The zero-order valence-corrected chi connectivity index (χ0v) is 11.6. The van der Waals surface area contributed by atoms with Crippen molar-refractivity contribution in [3.05, 3.63) is 0 Å². The van der Waals surface area contributed by atoms with Gasteiger partial charge >= 0.3 is 0 Å². The summed E-state index contributed by atoms with van der Waals surface area (Å²) >= 11 is 0. The van der Waals surface area contributed by atoms with Crippen LogP contribution in [0.15, 0.2) is 0 Å². The first-order valence-electron chi connectivity index (χ1n) is 6.88. The maximum absolute atomic E-state index is 6.84. The molecule has 0 aromatic heterocycles. The summed E-state index contributed by atoms with van der Waals surface area (Å²) < 4.78 is 26.6. The molecule has 0 atom stereocenters. The maximum atomic E-state index is 6.84. The van der Waals surface area contributed by atoms with Crippen LogP contribution in [0, 0.1) is 0 Å². The minimum atomic E-state index is -0.980. The maximum Gasteiger partial charge on any atom is 0.0279 e. The van der Waals surface area contributed by atoms with Gasteiger partial charge < -0.3 is 0 Å². The summed E-state index contributed by atoms with van der Waals surface area (Å²) in [4.78, 5) is 0. The second-order valence-corrected chi connectivity index (χ2v) is 12.0. The van der Waals surface area contributed by atoms with Crippen molar-refractivity contribution in [2.24, 2.45) is 0 Å². The second kappa shape index (κ2) is 9.17. The fraction of sp³-hybridized carbons (Fsp3) is 0.818. The number of hydrogen-bond acceptors (Lipinski definition) is 0. The summed E-state index contributed by atoms with van der Waals surface area (Å²) in [6, 6.07) is 0. The molecule has 0 bridgehead atoms. The molecule has 0 aromatic carbocycles. The van der Waals surface area contributed by atoms with Gasteiger partial charge in [-0.1, -0.05) is 20.2 Å². The molecule has 13 heavy (non-hydrogen) atoms. The first kappa shape index (κ1) is 10.1. The summed E-state index contributed by atoms with van der Waals surface area (Å²) in [5, 5.41) is 0. The molecule has 0 unspecified atom stereocenters. The fourth-order valence-electron chi connectivity index (χ4n) is 0. The minimum Gasteiger partial charge on any atom is -0.121 e. The molecular weight excluding hydrogens is 194 g/mol. The third-order valence-corrected chi connectivity index (χ3v) is 0. The van der Waals surface area contributed by atoms with Crippen molar-refractivity contribution in [2.45, 2.75) is 20.2 Å². The van der Waals surface area contributed by atoms with Crippen LogP contribution < -0.4 is 0 Å². The van der Waals surface area contributed by atoms with E-state index in [4.69, 9.17) is 5.48 Å². The Morgan fingerprint density at radius 2 is 1.62 bits per heavy atom. The molecule has 0 rings (SSSR count). The van der Waals surface area contributed by atoms with E-state index in [2.05, 4.69) is 39.3 Å². The van der Waals surface area contributed by atoms with E-state index in [1.807, 2.05) is 0 Å². The lowest BCUT2D eigenvalue weighted by Crippen LogP contribution is -1.62. The monoisotopic (exact) mass is 228 g/mol. The van der Waals surface area contributed by atoms with Gasteiger partial charge in [-0.2, -0.15) is 0 Å². The van der Waals surface area contributed by atoms with Crippen LogP contribution in [0.5, 0.6) is 0 Å². The molecule has 84 valence electrons. The molecule has 0 saturated heterocycles. The Hall–Kier alpha value is 0.600. The van der Waals surface area contributed by atoms with Gasteiger partial charge in [-0.05, 0) is 39.9 Å². The van der Waals surface area contributed by atoms with Crippen molar-refractivity contribution in [3.8, 4) is 0 Å². The normalized spacial score (nSPS) is 14.5. The second-order valence-electron chi connectivity index (χ2n) is 4.23. The summed E-state index contributed by atoms with van der Waals surface area (Å²) in [7, 11) is 0. The van der Waals surface area contributed by atoms with Gasteiger partial charge in [0.25, 0.3) is 0 Å². The van der Waals surface area contributed by atoms with E-state index in [9.17, 15) is 0 Å². The SMILES string of the molecule is [1H]CCC[3H].[1H]CP(=C)(C)C.[3H]CP(=C)(C)C. The van der Waals surface area contributed by atoms with Crippen LogP contribution in [0.1, 0.15) is 25.7 Å². The van der Waals surface area contributed by atoms with Crippen molar-refractivity contribution in [1.29, 1.82) is 0 Å². The molecule has 0 radical (unpaired) electrons. The third kappa shape index (κ3) is 3930. The average molecular weight is 228 g/mol. The van der Waals surface area contributed by atoms with E-state index in [1.165, 1.54) is 0 Å². The molecule has 0 saturated carbocycles. The van der Waals surface area contributed by atoms with Crippen LogP contribution in [-0.4, -0.2) is 52.5 Å². The Morgan fingerprint density at radius 3 is 1.62 bits per heavy atom. The summed E-state index contributed by atoms with van der Waals surface area (Å²) in [6.45, 7) is 8.12. The highest BCUT2D eigenvalue weighted by Crippen LogP contribution is 2.28. The minimum absolute atomic E-state index is 0.406. The Morgan fingerprint density at radius 1 is 1.23 bits per heavy atom. The zero-order valence-electron chi connectivity index (χ0n) is 13.8. The zero-order chi connectivity index (χ0) is 14.5. The summed E-state index contributed by atoms with van der Waals surface area (Å²) in [6.07, 6.45) is 8.35. The number of hydrogen-bond donors (Lipinski definition) is 0. The van der Waals surface area contributed by atoms with Gasteiger partial charge in [-0.3, -0.25) is 0 Å². The van der Waals surface area contributed by atoms with Gasteiger partial charge in [0.2, 0.25) is 0 Å². The third-order valence-electron chi connectivity index (χ3n) is 0. The first-order chi connectivity index (χ1) is 7.54. The van der Waals surface area contributed by atoms with Crippen molar-refractivity contribution in [2.75, 3.05) is 39.9 Å². The van der Waals surface area contributed by atoms with Gasteiger partial charge in [-0.15, -0.1) is 26.4 Å². The van der Waals surface area contributed by atoms with Gasteiger partial charge in [0.1, 0.15) is 0 Å². The van der Waals surface area contributed by atoms with Gasteiger partial charge in [-0.25, -0.2) is 0 Å². The van der Waals surface area contributed by atoms with Crippen molar-refractivity contribution in [3.63, 3.8) is 0 Å². The van der Waals surface area contributed by atoms with E-state index in [0.29, 0.717) is 27.1 Å². The van der Waals surface area contributed by atoms with Crippen molar-refractivity contribution >= 4 is 26.4 Å². The Balaban J connectivity index is -0.000000174. The lowest BCUT2D eigenvalue weighted by molar-refractivity contribution is 1.09. The molecule has 0 N–H and O–H groups in total. The molecule has 0 aliphatic rings. The van der Waals surface area contributed by atoms with Gasteiger partial charge in [0.05, 0.1) is 0 Å². The predicted molar refractivity (Wildman–Crippen MR) is 79.6 cm³/mol. The Bertz CT molecular complexity index is 206. The van der Waals surface area contributed by atoms with Crippen LogP contribution in [0.3, 0.4) is 0 Å². The highest BCUT2D eigenvalue weighted by Gasteiger charge is 1.79. The fourth-order valence-corrected chi connectivity index (χ4v) is 0. The number of rotatable bonds is 0. The van der Waals surface area contributed by atoms with Crippen LogP contribution in [-0.2, 0) is 0 Å². The van der Waals surface area contributed by atoms with Gasteiger partial charge in [0.15, 0.2) is 0 Å².